The molecule has 0 fully saturated rings. The topological polar surface area (TPSA) is 58.6 Å². The Morgan fingerprint density at radius 3 is 2.15 bits per heavy atom. The normalized spacial score (nSPS) is 12.4. The summed E-state index contributed by atoms with van der Waals surface area (Å²) in [6, 6.07) is 17.8. The van der Waals surface area contributed by atoms with E-state index in [0.29, 0.717) is 0 Å². The lowest BCUT2D eigenvalue weighted by Gasteiger charge is -2.15. The van der Waals surface area contributed by atoms with Crippen molar-refractivity contribution in [3.63, 3.8) is 0 Å². The second kappa shape index (κ2) is 6.72. The van der Waals surface area contributed by atoms with E-state index in [0.717, 1.165) is 34.4 Å². The number of carbonyl (C=O) groups is 1. The van der Waals surface area contributed by atoms with E-state index in [1.54, 1.807) is 0 Å². The summed E-state index contributed by atoms with van der Waals surface area (Å²) >= 11 is 0. The fourth-order valence-electron chi connectivity index (χ4n) is 3.38. The van der Waals surface area contributed by atoms with E-state index in [9.17, 15) is 13.6 Å². The molecule has 0 radical (unpaired) electrons. The van der Waals surface area contributed by atoms with Crippen molar-refractivity contribution >= 4 is 11.8 Å². The van der Waals surface area contributed by atoms with Crippen LogP contribution < -0.4 is 5.32 Å². The van der Waals surface area contributed by atoms with Gasteiger partial charge in [-0.15, -0.1) is 0 Å². The zero-order valence-electron chi connectivity index (χ0n) is 14.1. The minimum Gasteiger partial charge on any atom is -0.505 e. The first-order chi connectivity index (χ1) is 13.1. The van der Waals surface area contributed by atoms with Crippen LogP contribution in [0.1, 0.15) is 17.0 Å². The van der Waals surface area contributed by atoms with Crippen molar-refractivity contribution in [2.45, 2.75) is 5.92 Å². The highest BCUT2D eigenvalue weighted by Gasteiger charge is 2.29. The molecule has 2 N–H and O–H groups in total. The molecule has 0 saturated heterocycles. The third-order valence-corrected chi connectivity index (χ3v) is 4.64. The molecule has 0 spiro atoms. The number of hydrogen-bond acceptors (Lipinski definition) is 3. The molecule has 0 atom stereocenters. The molecule has 1 aliphatic carbocycles. The van der Waals surface area contributed by atoms with Crippen molar-refractivity contribution in [3.05, 3.63) is 83.4 Å². The van der Waals surface area contributed by atoms with Crippen molar-refractivity contribution in [1.82, 2.24) is 0 Å². The van der Waals surface area contributed by atoms with Gasteiger partial charge in [0.2, 0.25) is 5.82 Å². The molecule has 4 nitrogen and oxygen atoms in total. The first-order valence-corrected chi connectivity index (χ1v) is 8.35. The monoisotopic (exact) mass is 367 g/mol. The molecule has 1 aliphatic rings. The Morgan fingerprint density at radius 2 is 1.52 bits per heavy atom. The fraction of sp³-hybridized carbons (Fsp3) is 0.0952. The fourth-order valence-corrected chi connectivity index (χ4v) is 3.38. The smallest absolute Gasteiger partial charge is 0.411 e. The van der Waals surface area contributed by atoms with E-state index >= 15 is 0 Å². The Kier molecular flexibility index (Phi) is 4.24. The number of fused-ring (bicyclic) bond motifs is 3. The van der Waals surface area contributed by atoms with E-state index in [4.69, 9.17) is 9.84 Å². The number of aromatic hydroxyl groups is 1. The number of halogens is 2. The van der Waals surface area contributed by atoms with Crippen molar-refractivity contribution in [1.29, 1.82) is 0 Å². The number of nitrogens with one attached hydrogen (secondary N) is 1. The van der Waals surface area contributed by atoms with Crippen LogP contribution in [0.25, 0.3) is 11.1 Å². The maximum Gasteiger partial charge on any atom is 0.411 e. The molecule has 0 bridgehead atoms. The van der Waals surface area contributed by atoms with Gasteiger partial charge in [0.1, 0.15) is 6.61 Å². The average Bonchev–Trinajstić information content (AvgIpc) is 3.01. The molecule has 1 amide bonds. The lowest BCUT2D eigenvalue weighted by atomic mass is 9.98. The van der Waals surface area contributed by atoms with Crippen molar-refractivity contribution in [2.24, 2.45) is 0 Å². The van der Waals surface area contributed by atoms with Crippen LogP contribution in [0, 0.1) is 11.6 Å². The van der Waals surface area contributed by atoms with Crippen LogP contribution in [0.3, 0.4) is 0 Å². The number of anilines is 1. The third-order valence-electron chi connectivity index (χ3n) is 4.64. The number of benzene rings is 3. The number of amides is 1. The highest BCUT2D eigenvalue weighted by atomic mass is 19.2. The number of rotatable bonds is 3. The van der Waals surface area contributed by atoms with Crippen LogP contribution in [0.4, 0.5) is 19.3 Å². The number of phenolic OH excluding ortho intramolecular Hbond substituents is 1. The van der Waals surface area contributed by atoms with Gasteiger partial charge in [0.15, 0.2) is 11.6 Å². The summed E-state index contributed by atoms with van der Waals surface area (Å²) in [5.41, 5.74) is 3.88. The van der Waals surface area contributed by atoms with Crippen molar-refractivity contribution in [3.8, 4) is 16.9 Å². The largest absolute Gasteiger partial charge is 0.505 e. The highest BCUT2D eigenvalue weighted by molar-refractivity contribution is 5.85. The maximum absolute atomic E-state index is 13.8. The molecule has 3 aromatic rings. The van der Waals surface area contributed by atoms with Gasteiger partial charge in [-0.1, -0.05) is 48.5 Å². The standard InChI is InChI=1S/C21H15F2NO3/c22-19-17(9-10-18(25)20(19)23)24-21(26)27-11-16-14-7-3-1-5-12(14)13-6-2-4-8-15(13)16/h1-10,16,25H,11H2,(H,24,26). The molecule has 136 valence electrons. The number of ether oxygens (including phenoxy) is 1. The van der Waals surface area contributed by atoms with Crippen LogP contribution in [0.2, 0.25) is 0 Å². The summed E-state index contributed by atoms with van der Waals surface area (Å²) in [4.78, 5) is 12.1. The average molecular weight is 367 g/mol. The molecule has 4 rings (SSSR count). The molecule has 6 heteroatoms. The second-order valence-electron chi connectivity index (χ2n) is 6.21. The van der Waals surface area contributed by atoms with Crippen molar-refractivity contribution in [2.75, 3.05) is 11.9 Å². The lowest BCUT2D eigenvalue weighted by molar-refractivity contribution is 0.158. The summed E-state index contributed by atoms with van der Waals surface area (Å²) < 4.78 is 32.4. The summed E-state index contributed by atoms with van der Waals surface area (Å²) in [5.74, 6) is -3.73. The van der Waals surface area contributed by atoms with Crippen LogP contribution >= 0.6 is 0 Å². The van der Waals surface area contributed by atoms with Crippen LogP contribution in [-0.4, -0.2) is 17.8 Å². The summed E-state index contributed by atoms with van der Waals surface area (Å²) in [6.07, 6.45) is -0.902. The van der Waals surface area contributed by atoms with Crippen molar-refractivity contribution < 1.29 is 23.4 Å². The Balaban J connectivity index is 1.51. The molecule has 0 aliphatic heterocycles. The Labute approximate surface area is 154 Å². The van der Waals surface area contributed by atoms with Crippen LogP contribution in [-0.2, 0) is 4.74 Å². The molecule has 3 aromatic carbocycles. The molecular formula is C21H15F2NO3. The molecule has 0 heterocycles. The minimum absolute atomic E-state index is 0.0576. The van der Waals surface area contributed by atoms with Gasteiger partial charge >= 0.3 is 6.09 Å². The van der Waals surface area contributed by atoms with Crippen LogP contribution in [0.5, 0.6) is 5.75 Å². The summed E-state index contributed by atoms with van der Waals surface area (Å²) in [7, 11) is 0. The van der Waals surface area contributed by atoms with E-state index in [1.165, 1.54) is 0 Å². The highest BCUT2D eigenvalue weighted by Crippen LogP contribution is 2.44. The number of carbonyl (C=O) groups excluding carboxylic acids is 1. The van der Waals surface area contributed by atoms with Gasteiger partial charge in [-0.3, -0.25) is 5.32 Å². The summed E-state index contributed by atoms with van der Waals surface area (Å²) in [5, 5.41) is 11.3. The third kappa shape index (κ3) is 2.99. The summed E-state index contributed by atoms with van der Waals surface area (Å²) in [6.45, 7) is 0.0576. The van der Waals surface area contributed by atoms with Gasteiger partial charge in [0, 0.05) is 5.92 Å². The quantitative estimate of drug-likeness (QED) is 0.638. The SMILES string of the molecule is O=C(Nc1ccc(O)c(F)c1F)OCC1c2ccccc2-c2ccccc21. The molecule has 27 heavy (non-hydrogen) atoms. The van der Waals surface area contributed by atoms with Gasteiger partial charge in [-0.05, 0) is 34.4 Å². The zero-order chi connectivity index (χ0) is 19.0. The first-order valence-electron chi connectivity index (χ1n) is 8.35. The predicted octanol–water partition coefficient (Wildman–Crippen LogP) is 5.03. The Hall–Kier alpha value is -3.41. The minimum atomic E-state index is -1.42. The molecule has 0 unspecified atom stereocenters. The number of phenols is 1. The van der Waals surface area contributed by atoms with E-state index in [1.807, 2.05) is 48.5 Å². The second-order valence-corrected chi connectivity index (χ2v) is 6.21. The number of hydrogen-bond donors (Lipinski definition) is 2. The van der Waals surface area contributed by atoms with E-state index in [2.05, 4.69) is 5.32 Å². The van der Waals surface area contributed by atoms with Gasteiger partial charge < -0.3 is 9.84 Å². The molecular weight excluding hydrogens is 352 g/mol. The van der Waals surface area contributed by atoms with E-state index in [-0.39, 0.29) is 12.5 Å². The lowest BCUT2D eigenvalue weighted by Crippen LogP contribution is -2.18. The Morgan fingerprint density at radius 1 is 0.926 bits per heavy atom. The maximum atomic E-state index is 13.8. The Bertz CT molecular complexity index is 990. The zero-order valence-corrected chi connectivity index (χ0v) is 14.1. The predicted molar refractivity (Wildman–Crippen MR) is 96.7 cm³/mol. The molecule has 0 aromatic heterocycles. The van der Waals surface area contributed by atoms with Crippen LogP contribution in [0.15, 0.2) is 60.7 Å². The van der Waals surface area contributed by atoms with Gasteiger partial charge in [0.05, 0.1) is 5.69 Å². The first kappa shape index (κ1) is 17.0. The van der Waals surface area contributed by atoms with E-state index < -0.39 is 29.2 Å². The van der Waals surface area contributed by atoms with Gasteiger partial charge in [-0.2, -0.15) is 4.39 Å². The van der Waals surface area contributed by atoms with Gasteiger partial charge in [0.25, 0.3) is 0 Å². The molecule has 0 saturated carbocycles. The van der Waals surface area contributed by atoms with Gasteiger partial charge in [-0.25, -0.2) is 9.18 Å².